The van der Waals surface area contributed by atoms with Crippen LogP contribution in [0.1, 0.15) is 49.1 Å². The van der Waals surface area contributed by atoms with Crippen LogP contribution < -0.4 is 5.32 Å². The first kappa shape index (κ1) is 21.7. The van der Waals surface area contributed by atoms with Gasteiger partial charge in [-0.15, -0.1) is 0 Å². The maximum atomic E-state index is 12.8. The van der Waals surface area contributed by atoms with Crippen molar-refractivity contribution in [2.24, 2.45) is 0 Å². The van der Waals surface area contributed by atoms with Crippen molar-refractivity contribution in [3.05, 3.63) is 98.5 Å². The Bertz CT molecular complexity index is 1300. The predicted octanol–water partition coefficient (Wildman–Crippen LogP) is 4.95. The summed E-state index contributed by atoms with van der Waals surface area (Å²) in [6.07, 6.45) is -1.16. The minimum atomic E-state index is -1.16. The summed E-state index contributed by atoms with van der Waals surface area (Å²) in [5.74, 6) is -1.98. The topological polar surface area (TPSA) is 89.5 Å². The van der Waals surface area contributed by atoms with Gasteiger partial charge in [0.1, 0.15) is 0 Å². The SMILES string of the molecule is CC(OC(=O)c1cc(Cl)ccc1Cl)C(=O)Nc1ccc2c(c1)C(=O)c1ccccc1C2=O. The second-order valence-electron chi connectivity index (χ2n) is 7.13. The third-order valence-corrected chi connectivity index (χ3v) is 5.56. The van der Waals surface area contributed by atoms with Crippen LogP contribution in [0.15, 0.2) is 60.7 Å². The Kier molecular flexibility index (Phi) is 5.82. The van der Waals surface area contributed by atoms with E-state index in [2.05, 4.69) is 5.32 Å². The Morgan fingerprint density at radius 3 is 2.16 bits per heavy atom. The van der Waals surface area contributed by atoms with Crippen LogP contribution in [0.25, 0.3) is 0 Å². The number of nitrogens with one attached hydrogen (secondary N) is 1. The molecule has 0 fully saturated rings. The third-order valence-electron chi connectivity index (χ3n) is 4.99. The van der Waals surface area contributed by atoms with Crippen molar-refractivity contribution in [2.75, 3.05) is 5.32 Å². The van der Waals surface area contributed by atoms with Crippen LogP contribution in [0.4, 0.5) is 5.69 Å². The summed E-state index contributed by atoms with van der Waals surface area (Å²) in [6.45, 7) is 1.40. The summed E-state index contributed by atoms with van der Waals surface area (Å²) in [5.41, 5.74) is 1.45. The molecular weight excluding hydrogens is 453 g/mol. The zero-order chi connectivity index (χ0) is 23.0. The molecule has 0 bridgehead atoms. The number of carbonyl (C=O) groups excluding carboxylic acids is 4. The number of ketones is 2. The second-order valence-corrected chi connectivity index (χ2v) is 7.97. The first-order valence-corrected chi connectivity index (χ1v) is 10.3. The van der Waals surface area contributed by atoms with Gasteiger partial charge in [0.15, 0.2) is 17.7 Å². The molecule has 1 aliphatic rings. The van der Waals surface area contributed by atoms with E-state index in [-0.39, 0.29) is 39.0 Å². The summed E-state index contributed by atoms with van der Waals surface area (Å²) in [4.78, 5) is 50.4. The Morgan fingerprint density at radius 1 is 0.844 bits per heavy atom. The Balaban J connectivity index is 1.50. The quantitative estimate of drug-likeness (QED) is 0.428. The summed E-state index contributed by atoms with van der Waals surface area (Å²) in [7, 11) is 0. The van der Waals surface area contributed by atoms with E-state index in [4.69, 9.17) is 27.9 Å². The fourth-order valence-electron chi connectivity index (χ4n) is 3.35. The number of benzene rings is 3. The van der Waals surface area contributed by atoms with E-state index < -0.39 is 18.0 Å². The molecule has 0 spiro atoms. The molecule has 3 aromatic rings. The van der Waals surface area contributed by atoms with Crippen LogP contribution in [0.5, 0.6) is 0 Å². The van der Waals surface area contributed by atoms with Crippen molar-refractivity contribution < 1.29 is 23.9 Å². The van der Waals surface area contributed by atoms with Gasteiger partial charge in [-0.05, 0) is 43.3 Å². The van der Waals surface area contributed by atoms with Crippen LogP contribution in [0, 0.1) is 0 Å². The maximum Gasteiger partial charge on any atom is 0.340 e. The molecule has 0 saturated heterocycles. The molecule has 160 valence electrons. The molecule has 1 aliphatic carbocycles. The molecule has 0 aliphatic heterocycles. The molecule has 1 atom stereocenters. The van der Waals surface area contributed by atoms with Gasteiger partial charge in [-0.2, -0.15) is 0 Å². The molecule has 1 N–H and O–H groups in total. The number of hydrogen-bond acceptors (Lipinski definition) is 5. The molecule has 1 unspecified atom stereocenters. The van der Waals surface area contributed by atoms with Crippen LogP contribution in [0.2, 0.25) is 10.0 Å². The van der Waals surface area contributed by atoms with Gasteiger partial charge in [0.25, 0.3) is 5.91 Å². The lowest BCUT2D eigenvalue weighted by Crippen LogP contribution is -2.30. The molecule has 4 rings (SSSR count). The van der Waals surface area contributed by atoms with Crippen LogP contribution >= 0.6 is 23.2 Å². The summed E-state index contributed by atoms with van der Waals surface area (Å²) < 4.78 is 5.19. The number of anilines is 1. The monoisotopic (exact) mass is 467 g/mol. The van der Waals surface area contributed by atoms with Crippen molar-refractivity contribution in [1.29, 1.82) is 0 Å². The molecule has 6 nitrogen and oxygen atoms in total. The minimum absolute atomic E-state index is 0.0374. The Hall–Kier alpha value is -3.48. The summed E-state index contributed by atoms with van der Waals surface area (Å²) in [5, 5.41) is 3.04. The smallest absolute Gasteiger partial charge is 0.340 e. The van der Waals surface area contributed by atoms with E-state index in [1.54, 1.807) is 24.3 Å². The lowest BCUT2D eigenvalue weighted by Gasteiger charge is -2.19. The second kappa shape index (κ2) is 8.57. The molecule has 0 aromatic heterocycles. The van der Waals surface area contributed by atoms with E-state index in [1.165, 1.54) is 43.3 Å². The highest BCUT2D eigenvalue weighted by Crippen LogP contribution is 2.29. The van der Waals surface area contributed by atoms with E-state index in [0.29, 0.717) is 16.1 Å². The van der Waals surface area contributed by atoms with Crippen molar-refractivity contribution in [1.82, 2.24) is 0 Å². The maximum absolute atomic E-state index is 12.8. The van der Waals surface area contributed by atoms with Gasteiger partial charge in [0.05, 0.1) is 10.6 Å². The number of ether oxygens (including phenoxy) is 1. The molecule has 0 heterocycles. The average Bonchev–Trinajstić information content (AvgIpc) is 2.78. The third kappa shape index (κ3) is 4.02. The molecule has 32 heavy (non-hydrogen) atoms. The van der Waals surface area contributed by atoms with Gasteiger partial charge in [0.2, 0.25) is 0 Å². The first-order chi connectivity index (χ1) is 15.3. The lowest BCUT2D eigenvalue weighted by atomic mass is 9.84. The van der Waals surface area contributed by atoms with Gasteiger partial charge in [-0.25, -0.2) is 4.79 Å². The van der Waals surface area contributed by atoms with Gasteiger partial charge in [0, 0.05) is 33.0 Å². The number of rotatable bonds is 4. The normalized spacial score (nSPS) is 13.1. The summed E-state index contributed by atoms with van der Waals surface area (Å²) in [6, 6.07) is 15.3. The standard InChI is InChI=1S/C24H15Cl2NO5/c1-12(32-24(31)19-10-13(25)6-9-20(19)26)23(30)27-14-7-8-17-18(11-14)22(29)16-5-3-2-4-15(16)21(17)28/h2-12H,1H3,(H,27,30). The summed E-state index contributed by atoms with van der Waals surface area (Å²) >= 11 is 11.9. The highest BCUT2D eigenvalue weighted by Gasteiger charge is 2.30. The van der Waals surface area contributed by atoms with Gasteiger partial charge >= 0.3 is 5.97 Å². The van der Waals surface area contributed by atoms with Crippen LogP contribution in [-0.4, -0.2) is 29.5 Å². The predicted molar refractivity (Wildman–Crippen MR) is 120 cm³/mol. The Morgan fingerprint density at radius 2 is 1.47 bits per heavy atom. The van der Waals surface area contributed by atoms with E-state index in [9.17, 15) is 19.2 Å². The van der Waals surface area contributed by atoms with Crippen molar-refractivity contribution in [3.63, 3.8) is 0 Å². The van der Waals surface area contributed by atoms with Crippen LogP contribution in [-0.2, 0) is 9.53 Å². The highest BCUT2D eigenvalue weighted by atomic mass is 35.5. The number of amides is 1. The largest absolute Gasteiger partial charge is 0.449 e. The zero-order valence-corrected chi connectivity index (χ0v) is 18.2. The molecule has 0 saturated carbocycles. The molecule has 8 heteroatoms. The van der Waals surface area contributed by atoms with Crippen LogP contribution in [0.3, 0.4) is 0 Å². The van der Waals surface area contributed by atoms with Gasteiger partial charge in [-0.3, -0.25) is 14.4 Å². The first-order valence-electron chi connectivity index (χ1n) is 9.55. The average molecular weight is 468 g/mol. The Labute approximate surface area is 193 Å². The zero-order valence-electron chi connectivity index (χ0n) is 16.6. The number of hydrogen-bond donors (Lipinski definition) is 1. The molecular formula is C24H15Cl2NO5. The van der Waals surface area contributed by atoms with Crippen molar-refractivity contribution in [2.45, 2.75) is 13.0 Å². The fraction of sp³-hybridized carbons (Fsp3) is 0.0833. The van der Waals surface area contributed by atoms with Crippen molar-refractivity contribution >= 4 is 52.3 Å². The molecule has 3 aromatic carbocycles. The molecule has 1 amide bonds. The van der Waals surface area contributed by atoms with E-state index in [1.807, 2.05) is 0 Å². The van der Waals surface area contributed by atoms with Gasteiger partial charge in [-0.1, -0.05) is 47.5 Å². The van der Waals surface area contributed by atoms with E-state index >= 15 is 0 Å². The fourth-order valence-corrected chi connectivity index (χ4v) is 3.72. The molecule has 0 radical (unpaired) electrons. The number of esters is 1. The number of halogens is 2. The minimum Gasteiger partial charge on any atom is -0.449 e. The van der Waals surface area contributed by atoms with E-state index in [0.717, 1.165) is 0 Å². The lowest BCUT2D eigenvalue weighted by molar-refractivity contribution is -0.123. The van der Waals surface area contributed by atoms with Crippen molar-refractivity contribution in [3.8, 4) is 0 Å². The highest BCUT2D eigenvalue weighted by molar-refractivity contribution is 6.35. The number of fused-ring (bicyclic) bond motifs is 2. The van der Waals surface area contributed by atoms with Gasteiger partial charge < -0.3 is 10.1 Å². The number of carbonyl (C=O) groups is 4.